The van der Waals surface area contributed by atoms with Crippen LogP contribution in [0.25, 0.3) is 0 Å². The number of carbonyl (C=O) groups is 2. The van der Waals surface area contributed by atoms with Crippen molar-refractivity contribution in [2.75, 3.05) is 11.9 Å². The van der Waals surface area contributed by atoms with E-state index in [-0.39, 0.29) is 16.3 Å². The summed E-state index contributed by atoms with van der Waals surface area (Å²) in [5.74, 6) is -2.33. The van der Waals surface area contributed by atoms with Gasteiger partial charge in [-0.05, 0) is 42.5 Å². The minimum atomic E-state index is -4.48. The van der Waals surface area contributed by atoms with Gasteiger partial charge in [-0.3, -0.25) is 4.79 Å². The predicted octanol–water partition coefficient (Wildman–Crippen LogP) is 4.29. The molecular formula is C16H10ClF4NO3. The van der Waals surface area contributed by atoms with Crippen molar-refractivity contribution in [1.82, 2.24) is 0 Å². The predicted molar refractivity (Wildman–Crippen MR) is 81.8 cm³/mol. The SMILES string of the molecule is O=C(COC(=O)c1ccc(F)cc1Cl)Nc1ccc(C(F)(F)F)cc1. The monoisotopic (exact) mass is 375 g/mol. The highest BCUT2D eigenvalue weighted by atomic mass is 35.5. The van der Waals surface area contributed by atoms with Crippen molar-refractivity contribution in [3.8, 4) is 0 Å². The summed E-state index contributed by atoms with van der Waals surface area (Å²) < 4.78 is 54.9. The van der Waals surface area contributed by atoms with E-state index in [1.807, 2.05) is 0 Å². The smallest absolute Gasteiger partial charge is 0.416 e. The fourth-order valence-corrected chi connectivity index (χ4v) is 2.05. The van der Waals surface area contributed by atoms with Gasteiger partial charge in [0.1, 0.15) is 5.82 Å². The molecule has 0 aliphatic rings. The molecule has 1 N–H and O–H groups in total. The number of alkyl halides is 3. The van der Waals surface area contributed by atoms with Crippen molar-refractivity contribution >= 4 is 29.2 Å². The Hall–Kier alpha value is -2.61. The zero-order valence-electron chi connectivity index (χ0n) is 12.4. The van der Waals surface area contributed by atoms with Gasteiger partial charge in [0, 0.05) is 5.69 Å². The summed E-state index contributed by atoms with van der Waals surface area (Å²) in [7, 11) is 0. The fraction of sp³-hybridized carbons (Fsp3) is 0.125. The van der Waals surface area contributed by atoms with Crippen LogP contribution in [-0.4, -0.2) is 18.5 Å². The third kappa shape index (κ3) is 5.18. The standard InChI is InChI=1S/C16H10ClF4NO3/c17-13-7-10(18)3-6-12(13)15(24)25-8-14(23)22-11-4-1-9(2-5-11)16(19,20)21/h1-7H,8H2,(H,22,23). The number of ether oxygens (including phenoxy) is 1. The minimum Gasteiger partial charge on any atom is -0.452 e. The van der Waals surface area contributed by atoms with Crippen LogP contribution in [0.1, 0.15) is 15.9 Å². The Morgan fingerprint density at radius 3 is 2.28 bits per heavy atom. The van der Waals surface area contributed by atoms with Gasteiger partial charge in [0.2, 0.25) is 0 Å². The Balaban J connectivity index is 1.91. The second kappa shape index (κ2) is 7.52. The molecule has 1 amide bonds. The lowest BCUT2D eigenvalue weighted by molar-refractivity contribution is -0.137. The van der Waals surface area contributed by atoms with Gasteiger partial charge in [-0.25, -0.2) is 9.18 Å². The van der Waals surface area contributed by atoms with Crippen molar-refractivity contribution < 1.29 is 31.9 Å². The Labute approximate surface area is 144 Å². The number of amides is 1. The van der Waals surface area contributed by atoms with E-state index in [9.17, 15) is 27.2 Å². The first-order valence-corrected chi connectivity index (χ1v) is 7.14. The number of rotatable bonds is 4. The van der Waals surface area contributed by atoms with Crippen molar-refractivity contribution in [3.63, 3.8) is 0 Å². The molecule has 2 rings (SSSR count). The average molecular weight is 376 g/mol. The summed E-state index contributed by atoms with van der Waals surface area (Å²) in [4.78, 5) is 23.4. The molecule has 132 valence electrons. The second-order valence-electron chi connectivity index (χ2n) is 4.82. The molecule has 0 spiro atoms. The highest BCUT2D eigenvalue weighted by Gasteiger charge is 2.30. The molecule has 0 atom stereocenters. The van der Waals surface area contributed by atoms with Gasteiger partial charge in [0.05, 0.1) is 16.1 Å². The van der Waals surface area contributed by atoms with E-state index in [2.05, 4.69) is 5.32 Å². The van der Waals surface area contributed by atoms with Gasteiger partial charge < -0.3 is 10.1 Å². The molecule has 0 aliphatic carbocycles. The Kier molecular flexibility index (Phi) is 5.63. The van der Waals surface area contributed by atoms with Crippen LogP contribution in [0, 0.1) is 5.82 Å². The highest BCUT2D eigenvalue weighted by Crippen LogP contribution is 2.29. The van der Waals surface area contributed by atoms with Crippen LogP contribution < -0.4 is 5.32 Å². The van der Waals surface area contributed by atoms with Crippen LogP contribution >= 0.6 is 11.6 Å². The summed E-state index contributed by atoms with van der Waals surface area (Å²) >= 11 is 5.69. The van der Waals surface area contributed by atoms with Crippen LogP contribution in [0.2, 0.25) is 5.02 Å². The lowest BCUT2D eigenvalue weighted by Crippen LogP contribution is -2.21. The number of carbonyl (C=O) groups excluding carboxylic acids is 2. The summed E-state index contributed by atoms with van der Waals surface area (Å²) in [6.07, 6.45) is -4.48. The van der Waals surface area contributed by atoms with Gasteiger partial charge in [-0.2, -0.15) is 13.2 Å². The summed E-state index contributed by atoms with van der Waals surface area (Å²) in [5.41, 5.74) is -0.873. The van der Waals surface area contributed by atoms with E-state index >= 15 is 0 Å². The number of benzene rings is 2. The van der Waals surface area contributed by atoms with E-state index in [4.69, 9.17) is 16.3 Å². The maximum atomic E-state index is 12.9. The Bertz CT molecular complexity index is 791. The summed E-state index contributed by atoms with van der Waals surface area (Å²) in [5, 5.41) is 2.10. The lowest BCUT2D eigenvalue weighted by Gasteiger charge is -2.09. The molecule has 0 fully saturated rings. The molecule has 4 nitrogen and oxygen atoms in total. The van der Waals surface area contributed by atoms with Gasteiger partial charge in [-0.15, -0.1) is 0 Å². The lowest BCUT2D eigenvalue weighted by atomic mass is 10.2. The molecule has 0 aliphatic heterocycles. The molecule has 0 radical (unpaired) electrons. The minimum absolute atomic E-state index is 0.105. The zero-order valence-corrected chi connectivity index (χ0v) is 13.1. The van der Waals surface area contributed by atoms with Crippen molar-refractivity contribution in [2.24, 2.45) is 0 Å². The molecular weight excluding hydrogens is 366 g/mol. The first-order chi connectivity index (χ1) is 11.7. The second-order valence-corrected chi connectivity index (χ2v) is 5.23. The summed E-state index contributed by atoms with van der Waals surface area (Å²) in [6.45, 7) is -0.687. The van der Waals surface area contributed by atoms with Crippen LogP contribution in [0.5, 0.6) is 0 Å². The van der Waals surface area contributed by atoms with E-state index in [1.165, 1.54) is 0 Å². The maximum Gasteiger partial charge on any atom is 0.416 e. The largest absolute Gasteiger partial charge is 0.452 e. The van der Waals surface area contributed by atoms with Gasteiger partial charge >= 0.3 is 12.1 Å². The Morgan fingerprint density at radius 2 is 1.72 bits per heavy atom. The van der Waals surface area contributed by atoms with Gasteiger partial charge in [0.25, 0.3) is 5.91 Å². The number of hydrogen-bond donors (Lipinski definition) is 1. The number of hydrogen-bond acceptors (Lipinski definition) is 3. The van der Waals surface area contributed by atoms with Crippen molar-refractivity contribution in [2.45, 2.75) is 6.18 Å². The molecule has 0 saturated carbocycles. The third-order valence-electron chi connectivity index (χ3n) is 2.98. The molecule has 9 heteroatoms. The number of anilines is 1. The normalized spacial score (nSPS) is 11.1. The zero-order chi connectivity index (χ0) is 18.6. The maximum absolute atomic E-state index is 12.9. The third-order valence-corrected chi connectivity index (χ3v) is 3.29. The van der Waals surface area contributed by atoms with Crippen LogP contribution in [0.4, 0.5) is 23.2 Å². The van der Waals surface area contributed by atoms with E-state index in [0.29, 0.717) is 0 Å². The molecule has 0 bridgehead atoms. The summed E-state index contributed by atoms with van der Waals surface area (Å²) in [6, 6.07) is 6.78. The quantitative estimate of drug-likeness (QED) is 0.640. The number of halogens is 5. The van der Waals surface area contributed by atoms with Gasteiger partial charge in [0.15, 0.2) is 6.61 Å². The van der Waals surface area contributed by atoms with E-state index in [0.717, 1.165) is 42.5 Å². The van der Waals surface area contributed by atoms with Gasteiger partial charge in [-0.1, -0.05) is 11.6 Å². The molecule has 25 heavy (non-hydrogen) atoms. The van der Waals surface area contributed by atoms with Crippen molar-refractivity contribution in [3.05, 3.63) is 64.4 Å². The van der Waals surface area contributed by atoms with E-state index in [1.54, 1.807) is 0 Å². The molecule has 2 aromatic carbocycles. The van der Waals surface area contributed by atoms with Crippen LogP contribution in [0.15, 0.2) is 42.5 Å². The molecule has 0 heterocycles. The first-order valence-electron chi connectivity index (χ1n) is 6.76. The molecule has 0 saturated heterocycles. The number of esters is 1. The Morgan fingerprint density at radius 1 is 1.08 bits per heavy atom. The van der Waals surface area contributed by atoms with Crippen LogP contribution in [-0.2, 0) is 15.7 Å². The molecule has 0 aromatic heterocycles. The van der Waals surface area contributed by atoms with Crippen molar-refractivity contribution in [1.29, 1.82) is 0 Å². The molecule has 2 aromatic rings. The van der Waals surface area contributed by atoms with Crippen LogP contribution in [0.3, 0.4) is 0 Å². The highest BCUT2D eigenvalue weighted by molar-refractivity contribution is 6.33. The molecule has 0 unspecified atom stereocenters. The number of nitrogens with one attached hydrogen (secondary N) is 1. The van der Waals surface area contributed by atoms with E-state index < -0.39 is 36.0 Å². The topological polar surface area (TPSA) is 55.4 Å². The first kappa shape index (κ1) is 18.7. The average Bonchev–Trinajstić information content (AvgIpc) is 2.52. The fourth-order valence-electron chi connectivity index (χ4n) is 1.80.